The van der Waals surface area contributed by atoms with Gasteiger partial charge in [-0.15, -0.1) is 0 Å². The molecule has 0 heterocycles. The van der Waals surface area contributed by atoms with Crippen LogP contribution in [-0.2, 0) is 11.2 Å². The summed E-state index contributed by atoms with van der Waals surface area (Å²) in [5.41, 5.74) is 0.651. The number of hydrogen-bond acceptors (Lipinski definition) is 3. The summed E-state index contributed by atoms with van der Waals surface area (Å²) in [5, 5.41) is 10.8. The molecule has 0 atom stereocenters. The molecule has 0 aliphatic heterocycles. The second kappa shape index (κ2) is 5.23. The molecule has 1 rings (SSSR count). The summed E-state index contributed by atoms with van der Waals surface area (Å²) in [5.74, 6) is 0.186. The number of halogens is 1. The summed E-state index contributed by atoms with van der Waals surface area (Å²) in [6, 6.07) is 4.99. The molecule has 1 aromatic carbocycles. The van der Waals surface area contributed by atoms with Gasteiger partial charge in [0.1, 0.15) is 5.75 Å². The average Bonchev–Trinajstić information content (AvgIpc) is 2.18. The van der Waals surface area contributed by atoms with Gasteiger partial charge in [0.05, 0.1) is 13.5 Å². The van der Waals surface area contributed by atoms with E-state index in [2.05, 4.69) is 0 Å². The molecule has 0 saturated heterocycles. The van der Waals surface area contributed by atoms with E-state index in [-0.39, 0.29) is 6.42 Å². The Morgan fingerprint density at radius 2 is 2.40 bits per heavy atom. The van der Waals surface area contributed by atoms with Crippen LogP contribution in [0.5, 0.6) is 5.75 Å². The molecule has 0 aliphatic carbocycles. The molecule has 0 unspecified atom stereocenters. The maximum absolute atomic E-state index is 11.2. The van der Waals surface area contributed by atoms with Crippen LogP contribution in [0.3, 0.4) is 0 Å². The number of methoxy groups -OCH3 is 1. The van der Waals surface area contributed by atoms with E-state index in [0.29, 0.717) is 16.3 Å². The molecule has 15 heavy (non-hydrogen) atoms. The van der Waals surface area contributed by atoms with Crippen molar-refractivity contribution in [1.29, 1.82) is 5.26 Å². The molecule has 0 fully saturated rings. The van der Waals surface area contributed by atoms with Gasteiger partial charge in [0.15, 0.2) is 6.19 Å². The fraction of sp³-hybridized carbons (Fsp3) is 0.200. The minimum absolute atomic E-state index is 0.0668. The normalized spacial score (nSPS) is 9.13. The predicted octanol–water partition coefficient (Wildman–Crippen LogP) is 1.49. The highest BCUT2D eigenvalue weighted by Gasteiger charge is 2.08. The number of ether oxygens (including phenoxy) is 1. The lowest BCUT2D eigenvalue weighted by atomic mass is 10.1. The fourth-order valence-electron chi connectivity index (χ4n) is 1.16. The zero-order valence-corrected chi connectivity index (χ0v) is 8.84. The number of carbonyl (C=O) groups is 1. The highest BCUT2D eigenvalue weighted by atomic mass is 35.5. The minimum atomic E-state index is -0.391. The third-order valence-electron chi connectivity index (χ3n) is 1.79. The topological polar surface area (TPSA) is 62.1 Å². The van der Waals surface area contributed by atoms with Crippen molar-refractivity contribution < 1.29 is 9.53 Å². The second-order valence-corrected chi connectivity index (χ2v) is 3.23. The third kappa shape index (κ3) is 3.15. The van der Waals surface area contributed by atoms with Crippen molar-refractivity contribution in [3.63, 3.8) is 0 Å². The van der Waals surface area contributed by atoms with Crippen LogP contribution in [0.25, 0.3) is 0 Å². The smallest absolute Gasteiger partial charge is 0.237 e. The van der Waals surface area contributed by atoms with Crippen LogP contribution in [0.2, 0.25) is 5.02 Å². The lowest BCUT2D eigenvalue weighted by molar-refractivity contribution is -0.119. The Balaban J connectivity index is 2.88. The van der Waals surface area contributed by atoms with Gasteiger partial charge in [0.2, 0.25) is 5.91 Å². The molecule has 1 aromatic rings. The Labute approximate surface area is 92.4 Å². The summed E-state index contributed by atoms with van der Waals surface area (Å²) in [6.45, 7) is 0. The number of nitrogens with zero attached hydrogens (tertiary/aromatic N) is 1. The Hall–Kier alpha value is -1.73. The highest BCUT2D eigenvalue weighted by molar-refractivity contribution is 6.30. The van der Waals surface area contributed by atoms with E-state index in [4.69, 9.17) is 21.6 Å². The van der Waals surface area contributed by atoms with Gasteiger partial charge in [-0.25, -0.2) is 0 Å². The van der Waals surface area contributed by atoms with Crippen molar-refractivity contribution in [2.45, 2.75) is 6.42 Å². The van der Waals surface area contributed by atoms with Gasteiger partial charge >= 0.3 is 0 Å². The van der Waals surface area contributed by atoms with Crippen LogP contribution >= 0.6 is 11.6 Å². The summed E-state index contributed by atoms with van der Waals surface area (Å²) in [6.07, 6.45) is 1.63. The van der Waals surface area contributed by atoms with Crippen LogP contribution in [0.4, 0.5) is 0 Å². The van der Waals surface area contributed by atoms with E-state index >= 15 is 0 Å². The molecule has 1 amide bonds. The van der Waals surface area contributed by atoms with E-state index in [1.165, 1.54) is 7.11 Å². The number of nitriles is 1. The predicted molar refractivity (Wildman–Crippen MR) is 55.5 cm³/mol. The molecule has 5 heteroatoms. The first-order chi connectivity index (χ1) is 7.17. The van der Waals surface area contributed by atoms with Crippen LogP contribution in [0.15, 0.2) is 18.2 Å². The van der Waals surface area contributed by atoms with Crippen molar-refractivity contribution in [2.24, 2.45) is 0 Å². The van der Waals surface area contributed by atoms with Crippen LogP contribution in [-0.4, -0.2) is 13.0 Å². The van der Waals surface area contributed by atoms with Crippen molar-refractivity contribution in [1.82, 2.24) is 5.32 Å². The number of amides is 1. The average molecular weight is 225 g/mol. The molecule has 1 N–H and O–H groups in total. The first-order valence-corrected chi connectivity index (χ1v) is 4.55. The molecular weight excluding hydrogens is 216 g/mol. The molecule has 0 aliphatic rings. The van der Waals surface area contributed by atoms with E-state index in [1.54, 1.807) is 24.4 Å². The number of nitrogens with one attached hydrogen (secondary N) is 1. The largest absolute Gasteiger partial charge is 0.496 e. The van der Waals surface area contributed by atoms with Gasteiger partial charge in [-0.2, -0.15) is 5.26 Å². The van der Waals surface area contributed by atoms with E-state index < -0.39 is 5.91 Å². The van der Waals surface area contributed by atoms with Crippen molar-refractivity contribution in [3.05, 3.63) is 28.8 Å². The minimum Gasteiger partial charge on any atom is -0.496 e. The quantitative estimate of drug-likeness (QED) is 0.625. The zero-order chi connectivity index (χ0) is 11.3. The molecule has 78 valence electrons. The van der Waals surface area contributed by atoms with Gasteiger partial charge in [0, 0.05) is 10.6 Å². The number of benzene rings is 1. The molecule has 0 aromatic heterocycles. The van der Waals surface area contributed by atoms with Crippen LogP contribution < -0.4 is 10.1 Å². The maximum Gasteiger partial charge on any atom is 0.237 e. The molecule has 0 bridgehead atoms. The summed E-state index contributed by atoms with van der Waals surface area (Å²) >= 11 is 5.78. The number of hydrogen-bond donors (Lipinski definition) is 1. The molecule has 0 saturated carbocycles. The van der Waals surface area contributed by atoms with Crippen LogP contribution in [0.1, 0.15) is 5.56 Å². The SMILES string of the molecule is COc1ccc(Cl)cc1CC(=O)NC#N. The van der Waals surface area contributed by atoms with Crippen molar-refractivity contribution in [3.8, 4) is 11.9 Å². The van der Waals surface area contributed by atoms with E-state index in [1.807, 2.05) is 5.32 Å². The highest BCUT2D eigenvalue weighted by Crippen LogP contribution is 2.22. The molecule has 0 radical (unpaired) electrons. The molecule has 0 spiro atoms. The first kappa shape index (κ1) is 11.3. The lowest BCUT2D eigenvalue weighted by Gasteiger charge is -2.07. The Morgan fingerprint density at radius 3 is 3.00 bits per heavy atom. The molecule has 4 nitrogen and oxygen atoms in total. The van der Waals surface area contributed by atoms with Gasteiger partial charge < -0.3 is 4.74 Å². The summed E-state index contributed by atoms with van der Waals surface area (Å²) in [4.78, 5) is 11.2. The van der Waals surface area contributed by atoms with Gasteiger partial charge in [-0.05, 0) is 18.2 Å². The lowest BCUT2D eigenvalue weighted by Crippen LogP contribution is -2.19. The van der Waals surface area contributed by atoms with Gasteiger partial charge in [-0.1, -0.05) is 11.6 Å². The zero-order valence-electron chi connectivity index (χ0n) is 8.08. The number of carbonyl (C=O) groups excluding carboxylic acids is 1. The van der Waals surface area contributed by atoms with Crippen molar-refractivity contribution >= 4 is 17.5 Å². The Morgan fingerprint density at radius 1 is 1.67 bits per heavy atom. The number of rotatable bonds is 3. The first-order valence-electron chi connectivity index (χ1n) is 4.17. The Kier molecular flexibility index (Phi) is 3.95. The van der Waals surface area contributed by atoms with E-state index in [0.717, 1.165) is 0 Å². The van der Waals surface area contributed by atoms with Gasteiger partial charge in [-0.3, -0.25) is 10.1 Å². The second-order valence-electron chi connectivity index (χ2n) is 2.79. The Bertz CT molecular complexity index is 412. The summed E-state index contributed by atoms with van der Waals surface area (Å²) in [7, 11) is 1.51. The van der Waals surface area contributed by atoms with Crippen molar-refractivity contribution in [2.75, 3.05) is 7.11 Å². The maximum atomic E-state index is 11.2. The van der Waals surface area contributed by atoms with Gasteiger partial charge in [0.25, 0.3) is 0 Å². The standard InChI is InChI=1S/C10H9ClN2O2/c1-15-9-3-2-8(11)4-7(9)5-10(14)13-6-12/h2-4H,5H2,1H3,(H,13,14). The fourth-order valence-corrected chi connectivity index (χ4v) is 1.36. The molecular formula is C10H9ClN2O2. The third-order valence-corrected chi connectivity index (χ3v) is 2.02. The summed E-state index contributed by atoms with van der Waals surface area (Å²) < 4.78 is 5.06. The van der Waals surface area contributed by atoms with Crippen LogP contribution in [0, 0.1) is 11.5 Å². The van der Waals surface area contributed by atoms with E-state index in [9.17, 15) is 4.79 Å². The monoisotopic (exact) mass is 224 g/mol.